The Balaban J connectivity index is 1.26. The molecule has 7 nitrogen and oxygen atoms in total. The van der Waals surface area contributed by atoms with E-state index in [1.165, 1.54) is 25.4 Å². The molecule has 1 heterocycles. The molecule has 2 amide bonds. The number of amides is 2. The standard InChI is InChI=1S/C20H19ClFN3O4/c1-28-15-3-2-6-23-17(15)18(27)25-20-9-19(10-20,11-20)24-16(26)8-29-12-4-5-13(21)14(22)7-12/h2-7H,8-11H2,1H3,(H,24,26)(H,25,27). The van der Waals surface area contributed by atoms with Crippen LogP contribution < -0.4 is 20.1 Å². The van der Waals surface area contributed by atoms with Crippen LogP contribution in [0.2, 0.25) is 5.02 Å². The molecule has 2 N–H and O–H groups in total. The van der Waals surface area contributed by atoms with E-state index >= 15 is 0 Å². The molecule has 3 saturated carbocycles. The van der Waals surface area contributed by atoms with Gasteiger partial charge in [-0.2, -0.15) is 0 Å². The zero-order chi connectivity index (χ0) is 20.6. The minimum atomic E-state index is -0.605. The predicted molar refractivity (Wildman–Crippen MR) is 103 cm³/mol. The van der Waals surface area contributed by atoms with E-state index in [-0.39, 0.29) is 46.0 Å². The zero-order valence-electron chi connectivity index (χ0n) is 15.6. The van der Waals surface area contributed by atoms with Gasteiger partial charge in [0.25, 0.3) is 11.8 Å². The van der Waals surface area contributed by atoms with E-state index in [9.17, 15) is 14.0 Å². The summed E-state index contributed by atoms with van der Waals surface area (Å²) in [6.07, 6.45) is 3.46. The van der Waals surface area contributed by atoms with Gasteiger partial charge < -0.3 is 20.1 Å². The van der Waals surface area contributed by atoms with Gasteiger partial charge in [0, 0.05) is 23.3 Å². The van der Waals surface area contributed by atoms with Crippen molar-refractivity contribution in [1.29, 1.82) is 0 Å². The minimum Gasteiger partial charge on any atom is -0.494 e. The molecule has 3 fully saturated rings. The molecule has 3 aliphatic rings. The second-order valence-corrected chi connectivity index (χ2v) is 7.92. The van der Waals surface area contributed by atoms with Crippen molar-refractivity contribution in [3.63, 3.8) is 0 Å². The molecule has 0 atom stereocenters. The maximum Gasteiger partial charge on any atom is 0.274 e. The molecule has 0 saturated heterocycles. The van der Waals surface area contributed by atoms with E-state index in [0.717, 1.165) is 6.07 Å². The first-order valence-electron chi connectivity index (χ1n) is 9.04. The van der Waals surface area contributed by atoms with Gasteiger partial charge >= 0.3 is 0 Å². The molecule has 9 heteroatoms. The summed E-state index contributed by atoms with van der Waals surface area (Å²) in [4.78, 5) is 28.7. The molecule has 29 heavy (non-hydrogen) atoms. The molecule has 1 aromatic carbocycles. The third-order valence-electron chi connectivity index (χ3n) is 5.28. The van der Waals surface area contributed by atoms with Crippen LogP contribution in [0.25, 0.3) is 0 Å². The van der Waals surface area contributed by atoms with Crippen LogP contribution in [-0.4, -0.2) is 41.6 Å². The Labute approximate surface area is 171 Å². The molecule has 0 aliphatic heterocycles. The number of carbonyl (C=O) groups excluding carboxylic acids is 2. The lowest BCUT2D eigenvalue weighted by molar-refractivity contribution is -0.141. The van der Waals surface area contributed by atoms with Gasteiger partial charge in [0.05, 0.1) is 12.1 Å². The minimum absolute atomic E-state index is 0.00802. The number of methoxy groups -OCH3 is 1. The fraction of sp³-hybridized carbons (Fsp3) is 0.350. The average Bonchev–Trinajstić information content (AvgIpc) is 2.66. The van der Waals surface area contributed by atoms with E-state index in [1.807, 2.05) is 0 Å². The number of nitrogens with zero attached hydrogens (tertiary/aromatic N) is 1. The van der Waals surface area contributed by atoms with Crippen molar-refractivity contribution in [2.45, 2.75) is 30.3 Å². The summed E-state index contributed by atoms with van der Waals surface area (Å²) in [5.41, 5.74) is -0.415. The van der Waals surface area contributed by atoms with Crippen LogP contribution in [0.1, 0.15) is 29.8 Å². The van der Waals surface area contributed by atoms with Crippen molar-refractivity contribution in [3.8, 4) is 11.5 Å². The first-order valence-corrected chi connectivity index (χ1v) is 9.42. The number of aromatic nitrogens is 1. The van der Waals surface area contributed by atoms with Crippen molar-refractivity contribution < 1.29 is 23.5 Å². The highest BCUT2D eigenvalue weighted by Gasteiger charge is 2.69. The number of rotatable bonds is 7. The van der Waals surface area contributed by atoms with Gasteiger partial charge in [0.1, 0.15) is 17.3 Å². The Morgan fingerprint density at radius 3 is 2.62 bits per heavy atom. The highest BCUT2D eigenvalue weighted by atomic mass is 35.5. The van der Waals surface area contributed by atoms with Gasteiger partial charge in [0.15, 0.2) is 12.3 Å². The van der Waals surface area contributed by atoms with Crippen LogP contribution in [0, 0.1) is 5.82 Å². The van der Waals surface area contributed by atoms with Gasteiger partial charge in [-0.3, -0.25) is 9.59 Å². The van der Waals surface area contributed by atoms with Gasteiger partial charge in [-0.25, -0.2) is 9.37 Å². The Hall–Kier alpha value is -2.87. The summed E-state index contributed by atoms with van der Waals surface area (Å²) in [6.45, 7) is -0.229. The Kier molecular flexibility index (Phi) is 4.82. The number of nitrogens with one attached hydrogen (secondary N) is 2. The SMILES string of the molecule is COc1cccnc1C(=O)NC12CC(NC(=O)COc3ccc(Cl)c(F)c3)(C1)C2. The van der Waals surface area contributed by atoms with Gasteiger partial charge in [-0.15, -0.1) is 0 Å². The van der Waals surface area contributed by atoms with Crippen LogP contribution in [0.15, 0.2) is 36.5 Å². The monoisotopic (exact) mass is 419 g/mol. The first-order chi connectivity index (χ1) is 13.8. The van der Waals surface area contributed by atoms with E-state index in [0.29, 0.717) is 25.0 Å². The molecule has 2 bridgehead atoms. The van der Waals surface area contributed by atoms with E-state index < -0.39 is 5.82 Å². The summed E-state index contributed by atoms with van der Waals surface area (Å²) in [5, 5.41) is 5.93. The fourth-order valence-electron chi connectivity index (χ4n) is 4.13. The molecule has 0 unspecified atom stereocenters. The number of hydrogen-bond donors (Lipinski definition) is 2. The molecule has 152 valence electrons. The molecule has 5 rings (SSSR count). The third kappa shape index (κ3) is 3.72. The fourth-order valence-corrected chi connectivity index (χ4v) is 4.24. The van der Waals surface area contributed by atoms with Crippen molar-refractivity contribution in [2.75, 3.05) is 13.7 Å². The summed E-state index contributed by atoms with van der Waals surface area (Å²) >= 11 is 5.62. The zero-order valence-corrected chi connectivity index (χ0v) is 16.4. The van der Waals surface area contributed by atoms with Crippen molar-refractivity contribution in [3.05, 3.63) is 53.1 Å². The summed E-state index contributed by atoms with van der Waals surface area (Å²) in [5.74, 6) is -0.559. The lowest BCUT2D eigenvalue weighted by atomic mass is 9.44. The van der Waals surface area contributed by atoms with Gasteiger partial charge in [0.2, 0.25) is 0 Å². The predicted octanol–water partition coefficient (Wildman–Crippen LogP) is 2.48. The topological polar surface area (TPSA) is 89.5 Å². The highest BCUT2D eigenvalue weighted by molar-refractivity contribution is 6.30. The lowest BCUT2D eigenvalue weighted by Crippen LogP contribution is -2.84. The van der Waals surface area contributed by atoms with E-state index in [1.54, 1.807) is 12.1 Å². The summed E-state index contributed by atoms with van der Waals surface area (Å²) in [6, 6.07) is 7.37. The average molecular weight is 420 g/mol. The van der Waals surface area contributed by atoms with Crippen LogP contribution in [0.3, 0.4) is 0 Å². The van der Waals surface area contributed by atoms with Crippen molar-refractivity contribution in [2.24, 2.45) is 0 Å². The largest absolute Gasteiger partial charge is 0.494 e. The third-order valence-corrected chi connectivity index (χ3v) is 5.59. The number of halogens is 2. The quantitative estimate of drug-likeness (QED) is 0.719. The van der Waals surface area contributed by atoms with Crippen LogP contribution in [-0.2, 0) is 4.79 Å². The smallest absolute Gasteiger partial charge is 0.274 e. The van der Waals surface area contributed by atoms with Crippen molar-refractivity contribution in [1.82, 2.24) is 15.6 Å². The number of carbonyl (C=O) groups is 2. The van der Waals surface area contributed by atoms with Crippen LogP contribution >= 0.6 is 11.6 Å². The molecule has 0 spiro atoms. The molecular formula is C20H19ClFN3O4. The van der Waals surface area contributed by atoms with Crippen LogP contribution in [0.5, 0.6) is 11.5 Å². The van der Waals surface area contributed by atoms with Crippen LogP contribution in [0.4, 0.5) is 4.39 Å². The van der Waals surface area contributed by atoms with E-state index in [2.05, 4.69) is 15.6 Å². The second-order valence-electron chi connectivity index (χ2n) is 7.51. The summed E-state index contributed by atoms with van der Waals surface area (Å²) in [7, 11) is 1.49. The van der Waals surface area contributed by atoms with Gasteiger partial charge in [-0.05, 0) is 43.5 Å². The Bertz CT molecular complexity index is 964. The summed E-state index contributed by atoms with van der Waals surface area (Å²) < 4.78 is 23.9. The normalized spacial score (nSPS) is 24.0. The second kappa shape index (κ2) is 7.18. The number of ether oxygens (including phenoxy) is 2. The van der Waals surface area contributed by atoms with Gasteiger partial charge in [-0.1, -0.05) is 11.6 Å². The molecular weight excluding hydrogens is 401 g/mol. The Morgan fingerprint density at radius 1 is 1.21 bits per heavy atom. The first kappa shape index (κ1) is 19.4. The maximum atomic E-state index is 13.4. The number of hydrogen-bond acceptors (Lipinski definition) is 5. The number of pyridine rings is 1. The molecule has 0 radical (unpaired) electrons. The molecule has 1 aromatic heterocycles. The maximum absolute atomic E-state index is 13.4. The number of benzene rings is 1. The highest BCUT2D eigenvalue weighted by Crippen LogP contribution is 2.60. The van der Waals surface area contributed by atoms with E-state index in [4.69, 9.17) is 21.1 Å². The van der Waals surface area contributed by atoms with Crippen molar-refractivity contribution >= 4 is 23.4 Å². The lowest BCUT2D eigenvalue weighted by Gasteiger charge is -2.70. The molecule has 2 aromatic rings. The molecule has 3 aliphatic carbocycles. The Morgan fingerprint density at radius 2 is 1.93 bits per heavy atom.